The van der Waals surface area contributed by atoms with Crippen molar-refractivity contribution in [2.75, 3.05) is 20.2 Å². The molecule has 0 spiro atoms. The van der Waals surface area contributed by atoms with Crippen molar-refractivity contribution >= 4 is 29.0 Å². The number of aryl methyl sites for hydroxylation is 3. The Morgan fingerprint density at radius 2 is 2.00 bits per heavy atom. The van der Waals surface area contributed by atoms with Crippen molar-refractivity contribution in [2.24, 2.45) is 18.1 Å². The van der Waals surface area contributed by atoms with Gasteiger partial charge >= 0.3 is 5.97 Å². The number of likely N-dealkylation sites (tertiary alicyclic amines) is 1. The fourth-order valence-corrected chi connectivity index (χ4v) is 4.77. The molecular formula is C23H29N5O3S. The molecule has 0 unspecified atom stereocenters. The summed E-state index contributed by atoms with van der Waals surface area (Å²) in [7, 11) is 3.24. The Kier molecular flexibility index (Phi) is 6.45. The lowest BCUT2D eigenvalue weighted by molar-refractivity contribution is -0.146. The van der Waals surface area contributed by atoms with E-state index >= 15 is 0 Å². The van der Waals surface area contributed by atoms with Crippen molar-refractivity contribution in [1.82, 2.24) is 20.1 Å². The first-order chi connectivity index (χ1) is 15.4. The Bertz CT molecular complexity index is 1070. The van der Waals surface area contributed by atoms with Crippen LogP contribution in [0.1, 0.15) is 43.0 Å². The summed E-state index contributed by atoms with van der Waals surface area (Å²) >= 11 is 5.46. The van der Waals surface area contributed by atoms with E-state index in [9.17, 15) is 9.90 Å². The molecule has 1 aromatic heterocycles. The van der Waals surface area contributed by atoms with Gasteiger partial charge in [0.25, 0.3) is 0 Å². The summed E-state index contributed by atoms with van der Waals surface area (Å²) in [6, 6.07) is 6.34. The first-order valence-electron chi connectivity index (χ1n) is 10.9. The second-order valence-electron chi connectivity index (χ2n) is 8.41. The standard InChI is InChI=1S/C23H29N5O3S/c1-14(24-25-23(32)28-11-9-16(10-12-28)22(30)31-3)19-21(29)20(27(2)26-19)18-8-7-15-5-4-6-17(15)13-18/h7-8,13,16,29H,4-6,9-12H2,1-3H3,(H,25,32). The number of ether oxygens (including phenoxy) is 1. The molecule has 0 saturated carbocycles. The molecule has 32 heavy (non-hydrogen) atoms. The molecule has 2 heterocycles. The van der Waals surface area contributed by atoms with E-state index in [4.69, 9.17) is 17.0 Å². The topological polar surface area (TPSA) is 92.0 Å². The highest BCUT2D eigenvalue weighted by molar-refractivity contribution is 7.80. The van der Waals surface area contributed by atoms with E-state index in [1.54, 1.807) is 11.6 Å². The minimum Gasteiger partial charge on any atom is -0.504 e. The Balaban J connectivity index is 1.45. The molecule has 1 aliphatic heterocycles. The molecule has 2 aliphatic rings. The zero-order chi connectivity index (χ0) is 22.8. The maximum atomic E-state index is 11.7. The van der Waals surface area contributed by atoms with Crippen LogP contribution in [0.25, 0.3) is 11.3 Å². The smallest absolute Gasteiger partial charge is 0.308 e. The third kappa shape index (κ3) is 4.34. The number of hydrazone groups is 1. The van der Waals surface area contributed by atoms with Crippen LogP contribution in [0.5, 0.6) is 5.75 Å². The zero-order valence-corrected chi connectivity index (χ0v) is 19.5. The number of aromatic hydroxyl groups is 1. The molecule has 1 aliphatic carbocycles. The first-order valence-corrected chi connectivity index (χ1v) is 11.4. The Morgan fingerprint density at radius 1 is 1.28 bits per heavy atom. The van der Waals surface area contributed by atoms with Gasteiger partial charge in [0.05, 0.1) is 18.7 Å². The zero-order valence-electron chi connectivity index (χ0n) is 18.7. The van der Waals surface area contributed by atoms with Crippen LogP contribution >= 0.6 is 12.2 Å². The predicted octanol–water partition coefficient (Wildman–Crippen LogP) is 2.76. The van der Waals surface area contributed by atoms with Crippen LogP contribution in [0.3, 0.4) is 0 Å². The van der Waals surface area contributed by atoms with Crippen LogP contribution in [-0.4, -0.2) is 56.8 Å². The van der Waals surface area contributed by atoms with E-state index < -0.39 is 0 Å². The summed E-state index contributed by atoms with van der Waals surface area (Å²) in [6.07, 6.45) is 4.77. The summed E-state index contributed by atoms with van der Waals surface area (Å²) < 4.78 is 6.52. The normalized spacial score (nSPS) is 16.7. The van der Waals surface area contributed by atoms with Gasteiger partial charge in [0.1, 0.15) is 5.69 Å². The molecule has 0 radical (unpaired) electrons. The van der Waals surface area contributed by atoms with Gasteiger partial charge in [-0.1, -0.05) is 12.1 Å². The average Bonchev–Trinajstić information content (AvgIpc) is 3.39. The van der Waals surface area contributed by atoms with E-state index in [0.717, 1.165) is 18.4 Å². The fraction of sp³-hybridized carbons (Fsp3) is 0.478. The number of methoxy groups -OCH3 is 1. The van der Waals surface area contributed by atoms with Gasteiger partial charge in [-0.15, -0.1) is 0 Å². The maximum absolute atomic E-state index is 11.7. The Morgan fingerprint density at radius 3 is 2.72 bits per heavy atom. The van der Waals surface area contributed by atoms with E-state index in [-0.39, 0.29) is 17.6 Å². The molecule has 8 nitrogen and oxygen atoms in total. The number of nitrogens with zero attached hydrogens (tertiary/aromatic N) is 4. The van der Waals surface area contributed by atoms with Crippen molar-refractivity contribution < 1.29 is 14.6 Å². The van der Waals surface area contributed by atoms with Gasteiger partial charge in [0.15, 0.2) is 16.6 Å². The minimum atomic E-state index is -0.165. The molecule has 0 amide bonds. The number of nitrogens with one attached hydrogen (secondary N) is 1. The number of hydrogen-bond acceptors (Lipinski definition) is 6. The van der Waals surface area contributed by atoms with E-state index in [0.29, 0.717) is 48.1 Å². The van der Waals surface area contributed by atoms with E-state index in [2.05, 4.69) is 27.8 Å². The molecule has 0 bridgehead atoms. The molecule has 0 atom stereocenters. The first kappa shape index (κ1) is 22.3. The summed E-state index contributed by atoms with van der Waals surface area (Å²) in [5.74, 6) is -0.132. The minimum absolute atomic E-state index is 0.0765. The molecule has 1 aromatic carbocycles. The molecule has 2 N–H and O–H groups in total. The SMILES string of the molecule is COC(=O)C1CCN(C(=S)NN=C(C)c2nn(C)c(-c3ccc4c(c3)CCC4)c2O)CC1. The van der Waals surface area contributed by atoms with Crippen molar-refractivity contribution in [2.45, 2.75) is 39.0 Å². The molecule has 2 aromatic rings. The van der Waals surface area contributed by atoms with E-state index in [1.165, 1.54) is 24.7 Å². The van der Waals surface area contributed by atoms with Gasteiger partial charge in [0, 0.05) is 25.7 Å². The number of esters is 1. The average molecular weight is 456 g/mol. The number of aromatic nitrogens is 2. The second-order valence-corrected chi connectivity index (χ2v) is 8.79. The molecule has 1 saturated heterocycles. The molecule has 170 valence electrons. The van der Waals surface area contributed by atoms with Crippen molar-refractivity contribution in [3.05, 3.63) is 35.0 Å². The number of piperidine rings is 1. The molecule has 4 rings (SSSR count). The number of benzene rings is 1. The third-order valence-corrected chi connectivity index (χ3v) is 6.72. The van der Waals surface area contributed by atoms with Crippen LogP contribution < -0.4 is 5.43 Å². The number of carbonyl (C=O) groups excluding carboxylic acids is 1. The molecule has 1 fully saturated rings. The van der Waals surface area contributed by atoms with Crippen LogP contribution in [0.15, 0.2) is 23.3 Å². The van der Waals surface area contributed by atoms with Gasteiger partial charge in [-0.05, 0) is 68.4 Å². The number of rotatable bonds is 4. The molecule has 9 heteroatoms. The Hall–Kier alpha value is -2.94. The number of fused-ring (bicyclic) bond motifs is 1. The van der Waals surface area contributed by atoms with Gasteiger partial charge in [-0.25, -0.2) is 0 Å². The summed E-state index contributed by atoms with van der Waals surface area (Å²) in [4.78, 5) is 13.7. The van der Waals surface area contributed by atoms with Gasteiger partial charge < -0.3 is 14.7 Å². The largest absolute Gasteiger partial charge is 0.504 e. The Labute approximate surface area is 193 Å². The van der Waals surface area contributed by atoms with E-state index in [1.807, 2.05) is 18.0 Å². The fourth-order valence-electron chi connectivity index (χ4n) is 4.54. The van der Waals surface area contributed by atoms with Crippen molar-refractivity contribution in [1.29, 1.82) is 0 Å². The van der Waals surface area contributed by atoms with Gasteiger partial charge in [-0.3, -0.25) is 14.9 Å². The lowest BCUT2D eigenvalue weighted by atomic mass is 9.97. The summed E-state index contributed by atoms with van der Waals surface area (Å²) in [5.41, 5.74) is 8.23. The highest BCUT2D eigenvalue weighted by atomic mass is 32.1. The van der Waals surface area contributed by atoms with Crippen LogP contribution in [0, 0.1) is 5.92 Å². The highest BCUT2D eigenvalue weighted by Gasteiger charge is 2.27. The number of carbonyl (C=O) groups is 1. The quantitative estimate of drug-likeness (QED) is 0.317. The monoisotopic (exact) mass is 455 g/mol. The lowest BCUT2D eigenvalue weighted by Crippen LogP contribution is -2.44. The molecular weight excluding hydrogens is 426 g/mol. The van der Waals surface area contributed by atoms with Crippen molar-refractivity contribution in [3.8, 4) is 17.0 Å². The van der Waals surface area contributed by atoms with Crippen LogP contribution in [0.2, 0.25) is 0 Å². The lowest BCUT2D eigenvalue weighted by Gasteiger charge is -2.31. The van der Waals surface area contributed by atoms with Gasteiger partial charge in [-0.2, -0.15) is 10.2 Å². The summed E-state index contributed by atoms with van der Waals surface area (Å²) in [5, 5.41) is 20.3. The summed E-state index contributed by atoms with van der Waals surface area (Å²) in [6.45, 7) is 3.11. The maximum Gasteiger partial charge on any atom is 0.308 e. The highest BCUT2D eigenvalue weighted by Crippen LogP contribution is 2.35. The third-order valence-electron chi connectivity index (χ3n) is 6.37. The van der Waals surface area contributed by atoms with Crippen LogP contribution in [0.4, 0.5) is 0 Å². The van der Waals surface area contributed by atoms with Gasteiger partial charge in [0.2, 0.25) is 0 Å². The second kappa shape index (κ2) is 9.28. The van der Waals surface area contributed by atoms with Crippen molar-refractivity contribution in [3.63, 3.8) is 0 Å². The predicted molar refractivity (Wildman–Crippen MR) is 127 cm³/mol. The number of hydrogen-bond donors (Lipinski definition) is 2. The van der Waals surface area contributed by atoms with Crippen LogP contribution in [-0.2, 0) is 29.4 Å². The number of thiocarbonyl (C=S) groups is 1.